The molecule has 0 fully saturated rings. The van der Waals surface area contributed by atoms with Crippen LogP contribution in [0, 0.1) is 5.92 Å². The Kier molecular flexibility index (Phi) is 6.83. The zero-order chi connectivity index (χ0) is 21.0. The molecule has 0 radical (unpaired) electrons. The summed E-state index contributed by atoms with van der Waals surface area (Å²) in [4.78, 5) is 28.9. The van der Waals surface area contributed by atoms with Gasteiger partial charge in [0.2, 0.25) is 11.8 Å². The lowest BCUT2D eigenvalue weighted by Crippen LogP contribution is -2.47. The van der Waals surface area contributed by atoms with E-state index in [1.807, 2.05) is 36.9 Å². The molecular formula is C19H25BrN6O3. The van der Waals surface area contributed by atoms with Crippen LogP contribution in [0.4, 0.5) is 0 Å². The van der Waals surface area contributed by atoms with E-state index in [1.165, 1.54) is 11.0 Å². The predicted octanol–water partition coefficient (Wildman–Crippen LogP) is 1.38. The van der Waals surface area contributed by atoms with Crippen molar-refractivity contribution in [2.24, 2.45) is 5.92 Å². The lowest BCUT2D eigenvalue weighted by atomic mass is 9.95. The number of likely N-dealkylation sites (N-methyl/N-ethyl adjacent to an activating group) is 1. The van der Waals surface area contributed by atoms with E-state index in [1.54, 1.807) is 11.9 Å². The van der Waals surface area contributed by atoms with Crippen LogP contribution < -0.4 is 4.74 Å². The second-order valence-electron chi connectivity index (χ2n) is 7.41. The van der Waals surface area contributed by atoms with Gasteiger partial charge in [0.05, 0.1) is 5.92 Å². The highest BCUT2D eigenvalue weighted by atomic mass is 79.9. The number of hydrogen-bond acceptors (Lipinski definition) is 6. The minimum Gasteiger partial charge on any atom is -0.492 e. The van der Waals surface area contributed by atoms with Crippen LogP contribution in [0.1, 0.15) is 19.4 Å². The summed E-state index contributed by atoms with van der Waals surface area (Å²) in [6.07, 6.45) is 2.04. The molecule has 9 nitrogen and oxygen atoms in total. The van der Waals surface area contributed by atoms with Crippen molar-refractivity contribution in [2.75, 3.05) is 26.7 Å². The topological polar surface area (TPSA) is 93.5 Å². The van der Waals surface area contributed by atoms with Crippen molar-refractivity contribution in [2.45, 2.75) is 32.9 Å². The summed E-state index contributed by atoms with van der Waals surface area (Å²) in [5, 5.41) is 10.7. The van der Waals surface area contributed by atoms with E-state index in [2.05, 4.69) is 31.5 Å². The minimum absolute atomic E-state index is 0.0226. The summed E-state index contributed by atoms with van der Waals surface area (Å²) in [6, 6.07) is 5.88. The number of nitrogens with zero attached hydrogens (tertiary/aromatic N) is 6. The van der Waals surface area contributed by atoms with Crippen LogP contribution >= 0.6 is 15.9 Å². The average Bonchev–Trinajstić information content (AvgIpc) is 3.19. The summed E-state index contributed by atoms with van der Waals surface area (Å²) >= 11 is 3.47. The Labute approximate surface area is 178 Å². The molecule has 3 rings (SSSR count). The molecule has 2 aromatic rings. The molecule has 156 valence electrons. The summed E-state index contributed by atoms with van der Waals surface area (Å²) in [7, 11) is 1.72. The van der Waals surface area contributed by atoms with Crippen LogP contribution in [0.25, 0.3) is 0 Å². The molecule has 1 aromatic carbocycles. The number of carbonyl (C=O) groups excluding carboxylic acids is 2. The zero-order valence-electron chi connectivity index (χ0n) is 16.8. The normalized spacial score (nSPS) is 15.6. The van der Waals surface area contributed by atoms with Crippen molar-refractivity contribution in [1.82, 2.24) is 30.0 Å². The van der Waals surface area contributed by atoms with Gasteiger partial charge in [-0.05, 0) is 54.5 Å². The molecule has 1 aliphatic heterocycles. The first kappa shape index (κ1) is 21.2. The van der Waals surface area contributed by atoms with Crippen LogP contribution in [0.5, 0.6) is 5.75 Å². The second kappa shape index (κ2) is 9.34. The third-order valence-corrected chi connectivity index (χ3v) is 5.47. The van der Waals surface area contributed by atoms with Gasteiger partial charge in [-0.3, -0.25) is 9.59 Å². The highest BCUT2D eigenvalue weighted by Crippen LogP contribution is 2.30. The maximum atomic E-state index is 13.2. The third-order valence-electron chi connectivity index (χ3n) is 4.98. The molecule has 1 aliphatic rings. The first-order chi connectivity index (χ1) is 13.8. The smallest absolute Gasteiger partial charge is 0.244 e. The molecule has 0 bridgehead atoms. The van der Waals surface area contributed by atoms with Gasteiger partial charge in [0.15, 0.2) is 0 Å². The van der Waals surface area contributed by atoms with E-state index in [0.29, 0.717) is 26.1 Å². The Hall–Kier alpha value is -2.49. The fourth-order valence-electron chi connectivity index (χ4n) is 3.27. The van der Waals surface area contributed by atoms with Crippen molar-refractivity contribution in [3.05, 3.63) is 34.6 Å². The van der Waals surface area contributed by atoms with Crippen LogP contribution in [-0.2, 0) is 22.6 Å². The standard InChI is InChI=1S/C19H25BrN6O3/c1-13(2)26(7-6-24(3)18(27)10-25-12-21-22-23-25)19(28)15-8-14-9-16(20)4-5-17(14)29-11-15/h4-5,9,12-13,15H,6-8,10-11H2,1-3H3. The first-order valence-corrected chi connectivity index (χ1v) is 10.3. The van der Waals surface area contributed by atoms with E-state index < -0.39 is 0 Å². The molecule has 0 spiro atoms. The number of rotatable bonds is 7. The van der Waals surface area contributed by atoms with Gasteiger partial charge in [-0.2, -0.15) is 0 Å². The molecule has 10 heteroatoms. The summed E-state index contributed by atoms with van der Waals surface area (Å²) in [5.41, 5.74) is 1.03. The summed E-state index contributed by atoms with van der Waals surface area (Å²) in [6.45, 7) is 5.28. The Morgan fingerprint density at radius 1 is 1.34 bits per heavy atom. The van der Waals surface area contributed by atoms with Crippen molar-refractivity contribution in [3.8, 4) is 5.75 Å². The number of carbonyl (C=O) groups is 2. The molecular weight excluding hydrogens is 440 g/mol. The van der Waals surface area contributed by atoms with Crippen LogP contribution in [0.15, 0.2) is 29.0 Å². The number of hydrogen-bond donors (Lipinski definition) is 0. The molecule has 0 saturated carbocycles. The van der Waals surface area contributed by atoms with Crippen molar-refractivity contribution in [3.63, 3.8) is 0 Å². The van der Waals surface area contributed by atoms with E-state index in [9.17, 15) is 9.59 Å². The fourth-order valence-corrected chi connectivity index (χ4v) is 3.68. The highest BCUT2D eigenvalue weighted by molar-refractivity contribution is 9.10. The molecule has 1 unspecified atom stereocenters. The fraction of sp³-hybridized carbons (Fsp3) is 0.526. The van der Waals surface area contributed by atoms with Gasteiger partial charge in [0, 0.05) is 30.7 Å². The van der Waals surface area contributed by atoms with E-state index >= 15 is 0 Å². The van der Waals surface area contributed by atoms with E-state index in [-0.39, 0.29) is 30.3 Å². The molecule has 0 N–H and O–H groups in total. The molecule has 2 heterocycles. The van der Waals surface area contributed by atoms with Crippen LogP contribution in [-0.4, -0.2) is 74.6 Å². The SMILES string of the molecule is CC(C)N(CCN(C)C(=O)Cn1cnnn1)C(=O)C1COc2ccc(Br)cc2C1. The quantitative estimate of drug-likeness (QED) is 0.614. The second-order valence-corrected chi connectivity index (χ2v) is 8.33. The zero-order valence-corrected chi connectivity index (χ0v) is 18.4. The Morgan fingerprint density at radius 2 is 2.14 bits per heavy atom. The lowest BCUT2D eigenvalue weighted by Gasteiger charge is -2.34. The number of fused-ring (bicyclic) bond motifs is 1. The highest BCUT2D eigenvalue weighted by Gasteiger charge is 2.31. The molecule has 0 aliphatic carbocycles. The number of halogens is 1. The van der Waals surface area contributed by atoms with Gasteiger partial charge in [0.25, 0.3) is 0 Å². The van der Waals surface area contributed by atoms with Gasteiger partial charge in [-0.25, -0.2) is 4.68 Å². The van der Waals surface area contributed by atoms with Crippen LogP contribution in [0.2, 0.25) is 0 Å². The summed E-state index contributed by atoms with van der Waals surface area (Å²) in [5.74, 6) is 0.530. The molecule has 2 amide bonds. The Morgan fingerprint density at radius 3 is 2.83 bits per heavy atom. The van der Waals surface area contributed by atoms with Gasteiger partial charge in [-0.1, -0.05) is 15.9 Å². The maximum Gasteiger partial charge on any atom is 0.244 e. The van der Waals surface area contributed by atoms with Gasteiger partial charge in [-0.15, -0.1) is 5.10 Å². The lowest BCUT2D eigenvalue weighted by molar-refractivity contribution is -0.140. The minimum atomic E-state index is -0.235. The third kappa shape index (κ3) is 5.31. The average molecular weight is 465 g/mol. The Balaban J connectivity index is 1.59. The molecule has 29 heavy (non-hydrogen) atoms. The van der Waals surface area contributed by atoms with Gasteiger partial charge >= 0.3 is 0 Å². The largest absolute Gasteiger partial charge is 0.492 e. The molecule has 1 atom stereocenters. The monoisotopic (exact) mass is 464 g/mol. The maximum absolute atomic E-state index is 13.2. The predicted molar refractivity (Wildman–Crippen MR) is 109 cm³/mol. The number of tetrazole rings is 1. The number of benzene rings is 1. The Bertz CT molecular complexity index is 858. The number of aromatic nitrogens is 4. The number of amides is 2. The van der Waals surface area contributed by atoms with Crippen LogP contribution in [0.3, 0.4) is 0 Å². The van der Waals surface area contributed by atoms with E-state index in [4.69, 9.17) is 4.74 Å². The summed E-state index contributed by atoms with van der Waals surface area (Å²) < 4.78 is 8.15. The molecule has 0 saturated heterocycles. The first-order valence-electron chi connectivity index (χ1n) is 9.51. The number of ether oxygens (including phenoxy) is 1. The van der Waals surface area contributed by atoms with Gasteiger partial charge < -0.3 is 14.5 Å². The van der Waals surface area contributed by atoms with Crippen molar-refractivity contribution in [1.29, 1.82) is 0 Å². The van der Waals surface area contributed by atoms with Gasteiger partial charge in [0.1, 0.15) is 25.2 Å². The molecule has 1 aromatic heterocycles. The van der Waals surface area contributed by atoms with E-state index in [0.717, 1.165) is 15.8 Å². The van der Waals surface area contributed by atoms with Crippen molar-refractivity contribution < 1.29 is 14.3 Å². The van der Waals surface area contributed by atoms with Crippen molar-refractivity contribution >= 4 is 27.7 Å².